The van der Waals surface area contributed by atoms with Gasteiger partial charge in [-0.15, -0.1) is 0 Å². The molecule has 0 aliphatic carbocycles. The van der Waals surface area contributed by atoms with E-state index >= 15 is 0 Å². The van der Waals surface area contributed by atoms with Crippen molar-refractivity contribution in [3.8, 4) is 0 Å². The molecule has 0 amide bonds. The van der Waals surface area contributed by atoms with E-state index in [0.717, 1.165) is 0 Å². The molecule has 1 aromatic rings. The van der Waals surface area contributed by atoms with Crippen LogP contribution in [-0.2, 0) is 9.47 Å². The second-order valence-electron chi connectivity index (χ2n) is 4.00. The van der Waals surface area contributed by atoms with Crippen LogP contribution in [0.1, 0.15) is 32.7 Å². The van der Waals surface area contributed by atoms with Crippen molar-refractivity contribution in [3.63, 3.8) is 0 Å². The van der Waals surface area contributed by atoms with Gasteiger partial charge in [0.05, 0.1) is 6.61 Å². The van der Waals surface area contributed by atoms with Gasteiger partial charge < -0.3 is 19.3 Å². The van der Waals surface area contributed by atoms with Crippen molar-refractivity contribution in [2.24, 2.45) is 5.92 Å². The molecule has 0 bridgehead atoms. The Kier molecular flexibility index (Phi) is 5.93. The minimum Gasteiger partial charge on any atom is -0.383 e. The van der Waals surface area contributed by atoms with Crippen LogP contribution in [0.4, 0.5) is 6.01 Å². The first-order chi connectivity index (χ1) is 8.19. The Balaban J connectivity index is 2.58. The smallest absolute Gasteiger partial charge is 0.321 e. The molecule has 6 heteroatoms. The van der Waals surface area contributed by atoms with E-state index in [1.807, 2.05) is 6.92 Å². The Labute approximate surface area is 102 Å². The predicted octanol–water partition coefficient (Wildman–Crippen LogP) is 1.86. The number of ether oxygens (including phenoxy) is 2. The highest BCUT2D eigenvalue weighted by Gasteiger charge is 2.21. The van der Waals surface area contributed by atoms with E-state index in [9.17, 15) is 0 Å². The molecule has 1 aromatic heterocycles. The molecule has 1 N–H and O–H groups in total. The summed E-state index contributed by atoms with van der Waals surface area (Å²) in [5.41, 5.74) is 0. The van der Waals surface area contributed by atoms with E-state index in [1.165, 1.54) is 0 Å². The first kappa shape index (κ1) is 13.9. The zero-order chi connectivity index (χ0) is 12.7. The minimum atomic E-state index is -0.123. The second kappa shape index (κ2) is 7.24. The summed E-state index contributed by atoms with van der Waals surface area (Å²) in [5, 5.41) is 6.90. The zero-order valence-electron chi connectivity index (χ0n) is 10.9. The molecule has 0 spiro atoms. The number of nitrogens with zero attached hydrogens (tertiary/aromatic N) is 2. The largest absolute Gasteiger partial charge is 0.383 e. The summed E-state index contributed by atoms with van der Waals surface area (Å²) in [5.74, 6) is 0.890. The minimum absolute atomic E-state index is 0.123. The highest BCUT2D eigenvalue weighted by Crippen LogP contribution is 2.23. The number of nitrogens with one attached hydrogen (secondary N) is 1. The lowest BCUT2D eigenvalue weighted by Crippen LogP contribution is -2.13. The molecule has 6 nitrogen and oxygen atoms in total. The highest BCUT2D eigenvalue weighted by molar-refractivity contribution is 5.18. The third kappa shape index (κ3) is 4.32. The first-order valence-electron chi connectivity index (χ1n) is 5.87. The average Bonchev–Trinajstić information content (AvgIpc) is 2.74. The standard InChI is InChI=1S/C11H21N3O3/c1-5-16-9(8(2)3)10-13-11(17-14-10)12-6-7-15-4/h8-9H,5-7H2,1-4H3,(H,12,13,14). The lowest BCUT2D eigenvalue weighted by molar-refractivity contribution is 0.0217. The third-order valence-electron chi connectivity index (χ3n) is 2.23. The van der Waals surface area contributed by atoms with E-state index in [1.54, 1.807) is 7.11 Å². The molecule has 98 valence electrons. The van der Waals surface area contributed by atoms with Gasteiger partial charge in [0.2, 0.25) is 5.82 Å². The topological polar surface area (TPSA) is 69.4 Å². The maximum Gasteiger partial charge on any atom is 0.321 e. The molecule has 17 heavy (non-hydrogen) atoms. The first-order valence-corrected chi connectivity index (χ1v) is 5.87. The van der Waals surface area contributed by atoms with Crippen molar-refractivity contribution in [1.29, 1.82) is 0 Å². The van der Waals surface area contributed by atoms with Crippen LogP contribution in [0.15, 0.2) is 4.52 Å². The van der Waals surface area contributed by atoms with Crippen LogP contribution in [0.25, 0.3) is 0 Å². The van der Waals surface area contributed by atoms with Gasteiger partial charge >= 0.3 is 6.01 Å². The molecule has 0 saturated carbocycles. The van der Waals surface area contributed by atoms with Crippen LogP contribution in [0, 0.1) is 5.92 Å². The van der Waals surface area contributed by atoms with Crippen LogP contribution in [0.5, 0.6) is 0 Å². The predicted molar refractivity (Wildman–Crippen MR) is 63.9 cm³/mol. The lowest BCUT2D eigenvalue weighted by Gasteiger charge is -2.16. The number of hydrogen-bond acceptors (Lipinski definition) is 6. The number of methoxy groups -OCH3 is 1. The van der Waals surface area contributed by atoms with E-state index in [0.29, 0.717) is 37.5 Å². The Morgan fingerprint density at radius 1 is 1.41 bits per heavy atom. The van der Waals surface area contributed by atoms with Crippen LogP contribution in [0.2, 0.25) is 0 Å². The molecule has 0 aliphatic heterocycles. The molecule has 1 rings (SSSR count). The van der Waals surface area contributed by atoms with Crippen LogP contribution >= 0.6 is 0 Å². The molecular weight excluding hydrogens is 222 g/mol. The maximum absolute atomic E-state index is 5.59. The Morgan fingerprint density at radius 2 is 2.18 bits per heavy atom. The lowest BCUT2D eigenvalue weighted by atomic mass is 10.1. The Morgan fingerprint density at radius 3 is 2.76 bits per heavy atom. The van der Waals surface area contributed by atoms with Crippen molar-refractivity contribution in [3.05, 3.63) is 5.82 Å². The molecule has 0 aromatic carbocycles. The number of rotatable bonds is 8. The van der Waals surface area contributed by atoms with Crippen molar-refractivity contribution < 1.29 is 14.0 Å². The molecular formula is C11H21N3O3. The fraction of sp³-hybridized carbons (Fsp3) is 0.818. The molecule has 0 aliphatic rings. The quantitative estimate of drug-likeness (QED) is 0.703. The van der Waals surface area contributed by atoms with E-state index < -0.39 is 0 Å². The van der Waals surface area contributed by atoms with Crippen LogP contribution < -0.4 is 5.32 Å². The van der Waals surface area contributed by atoms with Gasteiger partial charge in [0, 0.05) is 20.3 Å². The molecule has 1 atom stereocenters. The van der Waals surface area contributed by atoms with Crippen LogP contribution in [-0.4, -0.2) is 37.0 Å². The summed E-state index contributed by atoms with van der Waals surface area (Å²) in [6, 6.07) is 0.405. The van der Waals surface area contributed by atoms with Gasteiger partial charge in [-0.2, -0.15) is 4.98 Å². The summed E-state index contributed by atoms with van der Waals surface area (Å²) in [6.45, 7) is 7.94. The fourth-order valence-electron chi connectivity index (χ4n) is 1.43. The van der Waals surface area contributed by atoms with E-state index in [2.05, 4.69) is 29.3 Å². The van der Waals surface area contributed by atoms with Crippen molar-refractivity contribution >= 4 is 6.01 Å². The average molecular weight is 243 g/mol. The third-order valence-corrected chi connectivity index (χ3v) is 2.23. The summed E-state index contributed by atoms with van der Waals surface area (Å²) in [6.07, 6.45) is -0.123. The normalized spacial score (nSPS) is 13.0. The monoisotopic (exact) mass is 243 g/mol. The summed E-state index contributed by atoms with van der Waals surface area (Å²) in [7, 11) is 1.64. The Hall–Kier alpha value is -1.14. The van der Waals surface area contributed by atoms with Crippen molar-refractivity contribution in [1.82, 2.24) is 10.1 Å². The van der Waals surface area contributed by atoms with Gasteiger partial charge in [0.1, 0.15) is 6.10 Å². The molecule has 1 heterocycles. The zero-order valence-corrected chi connectivity index (χ0v) is 10.9. The SMILES string of the molecule is CCOC(c1noc(NCCOC)n1)C(C)C. The summed E-state index contributed by atoms with van der Waals surface area (Å²) < 4.78 is 15.6. The number of aromatic nitrogens is 2. The fourth-order valence-corrected chi connectivity index (χ4v) is 1.43. The second-order valence-corrected chi connectivity index (χ2v) is 4.00. The molecule has 0 radical (unpaired) electrons. The molecule has 0 fully saturated rings. The van der Waals surface area contributed by atoms with Gasteiger partial charge in [-0.1, -0.05) is 19.0 Å². The van der Waals surface area contributed by atoms with E-state index in [-0.39, 0.29) is 6.10 Å². The van der Waals surface area contributed by atoms with Crippen molar-refractivity contribution in [2.45, 2.75) is 26.9 Å². The van der Waals surface area contributed by atoms with Gasteiger partial charge in [-0.3, -0.25) is 0 Å². The maximum atomic E-state index is 5.59. The van der Waals surface area contributed by atoms with E-state index in [4.69, 9.17) is 14.0 Å². The highest BCUT2D eigenvalue weighted by atomic mass is 16.5. The van der Waals surface area contributed by atoms with Gasteiger partial charge in [0.25, 0.3) is 0 Å². The number of anilines is 1. The summed E-state index contributed by atoms with van der Waals surface area (Å²) in [4.78, 5) is 4.25. The summed E-state index contributed by atoms with van der Waals surface area (Å²) >= 11 is 0. The van der Waals surface area contributed by atoms with Gasteiger partial charge in [-0.05, 0) is 12.8 Å². The van der Waals surface area contributed by atoms with Gasteiger partial charge in [0.15, 0.2) is 0 Å². The number of hydrogen-bond donors (Lipinski definition) is 1. The van der Waals surface area contributed by atoms with Crippen LogP contribution in [0.3, 0.4) is 0 Å². The van der Waals surface area contributed by atoms with Crippen molar-refractivity contribution in [2.75, 3.05) is 32.2 Å². The van der Waals surface area contributed by atoms with Gasteiger partial charge in [-0.25, -0.2) is 0 Å². The molecule has 0 saturated heterocycles. The Bertz CT molecular complexity index is 315. The molecule has 1 unspecified atom stereocenters.